The van der Waals surface area contributed by atoms with E-state index in [1.807, 2.05) is 13.1 Å². The Bertz CT molecular complexity index is 438. The molecule has 5 nitrogen and oxygen atoms in total. The van der Waals surface area contributed by atoms with Crippen LogP contribution < -0.4 is 10.6 Å². The Kier molecular flexibility index (Phi) is 8.01. The molecule has 23 heavy (non-hydrogen) atoms. The Morgan fingerprint density at radius 2 is 2.09 bits per heavy atom. The minimum atomic E-state index is 0.283. The second-order valence-electron chi connectivity index (χ2n) is 6.21. The largest absolute Gasteiger partial charge is 0.468 e. The highest BCUT2D eigenvalue weighted by atomic mass is 16.3. The first-order chi connectivity index (χ1) is 11.3. The van der Waals surface area contributed by atoms with Crippen LogP contribution >= 0.6 is 0 Å². The third kappa shape index (κ3) is 5.90. The molecule has 1 aliphatic heterocycles. The summed E-state index contributed by atoms with van der Waals surface area (Å²) in [6, 6.07) is 4.33. The summed E-state index contributed by atoms with van der Waals surface area (Å²) < 4.78 is 5.66. The van der Waals surface area contributed by atoms with Crippen LogP contribution in [0.4, 0.5) is 0 Å². The summed E-state index contributed by atoms with van der Waals surface area (Å²) in [5, 5.41) is 6.87. The van der Waals surface area contributed by atoms with Crippen LogP contribution in [-0.2, 0) is 0 Å². The van der Waals surface area contributed by atoms with Crippen LogP contribution in [-0.4, -0.2) is 44.1 Å². The summed E-state index contributed by atoms with van der Waals surface area (Å²) in [4.78, 5) is 6.83. The van der Waals surface area contributed by atoms with Crippen molar-refractivity contribution in [1.29, 1.82) is 0 Å². The third-order valence-corrected chi connectivity index (χ3v) is 4.46. The normalized spacial score (nSPS) is 17.4. The van der Waals surface area contributed by atoms with Crippen LogP contribution in [0, 0.1) is 0 Å². The van der Waals surface area contributed by atoms with Crippen LogP contribution in [0.25, 0.3) is 0 Å². The van der Waals surface area contributed by atoms with Crippen molar-refractivity contribution >= 4 is 5.96 Å². The van der Waals surface area contributed by atoms with Crippen LogP contribution in [0.3, 0.4) is 0 Å². The van der Waals surface area contributed by atoms with E-state index >= 15 is 0 Å². The summed E-state index contributed by atoms with van der Waals surface area (Å²) in [6.07, 6.45) is 9.38. The van der Waals surface area contributed by atoms with E-state index in [0.29, 0.717) is 0 Å². The molecule has 5 heteroatoms. The van der Waals surface area contributed by atoms with E-state index < -0.39 is 0 Å². The van der Waals surface area contributed by atoms with Gasteiger partial charge in [-0.05, 0) is 44.5 Å². The van der Waals surface area contributed by atoms with Gasteiger partial charge < -0.3 is 15.1 Å². The van der Waals surface area contributed by atoms with E-state index in [1.54, 1.807) is 6.26 Å². The molecule has 0 aliphatic carbocycles. The first kappa shape index (κ1) is 17.9. The fourth-order valence-corrected chi connectivity index (χ4v) is 3.12. The molecule has 1 aliphatic rings. The summed E-state index contributed by atoms with van der Waals surface area (Å²) in [7, 11) is 1.83. The van der Waals surface area contributed by atoms with Crippen LogP contribution in [0.1, 0.15) is 57.3 Å². The molecule has 1 saturated heterocycles. The first-order valence-corrected chi connectivity index (χ1v) is 9.07. The number of unbranched alkanes of at least 4 members (excludes halogenated alkanes) is 3. The van der Waals surface area contributed by atoms with Gasteiger partial charge in [0.2, 0.25) is 0 Å². The van der Waals surface area contributed by atoms with Gasteiger partial charge in [-0.25, -0.2) is 0 Å². The standard InChI is InChI=1S/C18H32N4O/c1-3-4-5-6-11-20-18(19-2)21-15-16(17-10-9-14-23-17)22-12-7-8-13-22/h9-10,14,16H,3-8,11-13,15H2,1-2H3,(H2,19,20,21). The highest BCUT2D eigenvalue weighted by Gasteiger charge is 2.25. The van der Waals surface area contributed by atoms with Crippen molar-refractivity contribution in [3.8, 4) is 0 Å². The molecule has 1 fully saturated rings. The van der Waals surface area contributed by atoms with Crippen molar-refractivity contribution < 1.29 is 4.42 Å². The van der Waals surface area contributed by atoms with E-state index in [0.717, 1.165) is 37.9 Å². The van der Waals surface area contributed by atoms with Crippen LogP contribution in [0.2, 0.25) is 0 Å². The average Bonchev–Trinajstić information content (AvgIpc) is 3.27. The average molecular weight is 320 g/mol. The number of nitrogens with one attached hydrogen (secondary N) is 2. The lowest BCUT2D eigenvalue weighted by Gasteiger charge is -2.26. The number of rotatable bonds is 9. The van der Waals surface area contributed by atoms with Crippen molar-refractivity contribution in [3.63, 3.8) is 0 Å². The molecule has 1 aromatic rings. The molecular formula is C18H32N4O. The van der Waals surface area contributed by atoms with E-state index in [9.17, 15) is 0 Å². The summed E-state index contributed by atoms with van der Waals surface area (Å²) in [5.74, 6) is 1.93. The predicted octanol–water partition coefficient (Wildman–Crippen LogP) is 3.16. The lowest BCUT2D eigenvalue weighted by atomic mass is 10.2. The topological polar surface area (TPSA) is 52.8 Å². The van der Waals surface area contributed by atoms with Crippen molar-refractivity contribution in [2.24, 2.45) is 4.99 Å². The van der Waals surface area contributed by atoms with E-state index in [4.69, 9.17) is 4.42 Å². The van der Waals surface area contributed by atoms with Gasteiger partial charge in [0.1, 0.15) is 5.76 Å². The van der Waals surface area contributed by atoms with Gasteiger partial charge in [-0.1, -0.05) is 26.2 Å². The monoisotopic (exact) mass is 320 g/mol. The Morgan fingerprint density at radius 3 is 2.74 bits per heavy atom. The quantitative estimate of drug-likeness (QED) is 0.417. The summed E-state index contributed by atoms with van der Waals surface area (Å²) in [6.45, 7) is 6.34. The van der Waals surface area contributed by atoms with Crippen molar-refractivity contribution in [1.82, 2.24) is 15.5 Å². The number of nitrogens with zero attached hydrogens (tertiary/aromatic N) is 2. The molecule has 1 atom stereocenters. The van der Waals surface area contributed by atoms with Gasteiger partial charge in [0.05, 0.1) is 12.3 Å². The van der Waals surface area contributed by atoms with Gasteiger partial charge in [0, 0.05) is 20.1 Å². The van der Waals surface area contributed by atoms with Gasteiger partial charge in [-0.2, -0.15) is 0 Å². The zero-order valence-electron chi connectivity index (χ0n) is 14.7. The zero-order chi connectivity index (χ0) is 16.3. The Hall–Kier alpha value is -1.49. The molecule has 1 unspecified atom stereocenters. The Morgan fingerprint density at radius 1 is 1.26 bits per heavy atom. The molecule has 0 aromatic carbocycles. The van der Waals surface area contributed by atoms with E-state index in [2.05, 4.69) is 33.5 Å². The molecule has 2 rings (SSSR count). The maximum atomic E-state index is 5.66. The number of hydrogen-bond donors (Lipinski definition) is 2. The first-order valence-electron chi connectivity index (χ1n) is 9.07. The highest BCUT2D eigenvalue weighted by molar-refractivity contribution is 5.79. The number of likely N-dealkylation sites (tertiary alicyclic amines) is 1. The Labute approximate surface area is 140 Å². The fourth-order valence-electron chi connectivity index (χ4n) is 3.12. The smallest absolute Gasteiger partial charge is 0.191 e. The molecule has 0 saturated carbocycles. The van der Waals surface area contributed by atoms with Crippen molar-refractivity contribution in [2.45, 2.75) is 51.5 Å². The highest BCUT2D eigenvalue weighted by Crippen LogP contribution is 2.24. The van der Waals surface area contributed by atoms with Gasteiger partial charge in [0.25, 0.3) is 0 Å². The lowest BCUT2D eigenvalue weighted by molar-refractivity contribution is 0.215. The van der Waals surface area contributed by atoms with Crippen LogP contribution in [0.15, 0.2) is 27.8 Å². The number of furan rings is 1. The molecule has 0 amide bonds. The number of guanidine groups is 1. The molecule has 2 N–H and O–H groups in total. The summed E-state index contributed by atoms with van der Waals surface area (Å²) >= 11 is 0. The van der Waals surface area contributed by atoms with E-state index in [-0.39, 0.29) is 6.04 Å². The van der Waals surface area contributed by atoms with Crippen LogP contribution in [0.5, 0.6) is 0 Å². The molecule has 130 valence electrons. The fraction of sp³-hybridized carbons (Fsp3) is 0.722. The molecular weight excluding hydrogens is 288 g/mol. The van der Waals surface area contributed by atoms with Crippen molar-refractivity contribution in [2.75, 3.05) is 33.2 Å². The van der Waals surface area contributed by atoms with Crippen molar-refractivity contribution in [3.05, 3.63) is 24.2 Å². The molecule has 0 radical (unpaired) electrons. The van der Waals surface area contributed by atoms with Gasteiger partial charge in [0.15, 0.2) is 5.96 Å². The molecule has 2 heterocycles. The lowest BCUT2D eigenvalue weighted by Crippen LogP contribution is -2.42. The third-order valence-electron chi connectivity index (χ3n) is 4.46. The second-order valence-corrected chi connectivity index (χ2v) is 6.21. The Balaban J connectivity index is 1.79. The SMILES string of the molecule is CCCCCCNC(=NC)NCC(c1ccco1)N1CCCC1. The molecule has 0 spiro atoms. The number of aliphatic imine (C=N–C) groups is 1. The van der Waals surface area contributed by atoms with Gasteiger partial charge >= 0.3 is 0 Å². The predicted molar refractivity (Wildman–Crippen MR) is 95.8 cm³/mol. The minimum Gasteiger partial charge on any atom is -0.468 e. The maximum absolute atomic E-state index is 5.66. The van der Waals surface area contributed by atoms with Gasteiger partial charge in [-0.15, -0.1) is 0 Å². The van der Waals surface area contributed by atoms with E-state index in [1.165, 1.54) is 38.5 Å². The molecule has 0 bridgehead atoms. The number of hydrogen-bond acceptors (Lipinski definition) is 3. The minimum absolute atomic E-state index is 0.283. The second kappa shape index (κ2) is 10.3. The molecule has 1 aromatic heterocycles. The van der Waals surface area contributed by atoms with Gasteiger partial charge in [-0.3, -0.25) is 9.89 Å². The maximum Gasteiger partial charge on any atom is 0.191 e. The summed E-state index contributed by atoms with van der Waals surface area (Å²) in [5.41, 5.74) is 0. The zero-order valence-corrected chi connectivity index (χ0v) is 14.7.